The molecular weight excluding hydrogens is 258 g/mol. The summed E-state index contributed by atoms with van der Waals surface area (Å²) < 4.78 is 5.38. The smallest absolute Gasteiger partial charge is 0.167 e. The normalized spacial score (nSPS) is 19.9. The van der Waals surface area contributed by atoms with Gasteiger partial charge in [-0.1, -0.05) is 42.1 Å². The van der Waals surface area contributed by atoms with Crippen LogP contribution in [0.15, 0.2) is 40.3 Å². The van der Waals surface area contributed by atoms with Gasteiger partial charge in [0.05, 0.1) is 19.1 Å². The number of aliphatic imine (C=N–C) groups is 2. The Labute approximate surface area is 117 Å². The van der Waals surface area contributed by atoms with Crippen LogP contribution < -0.4 is 0 Å². The first kappa shape index (κ1) is 12.7. The molecular formula is C14H17N3OS. The molecule has 1 aromatic carbocycles. The molecule has 1 fully saturated rings. The van der Waals surface area contributed by atoms with Crippen LogP contribution in [0.2, 0.25) is 0 Å². The number of amidine groups is 2. The molecule has 1 saturated heterocycles. The molecule has 2 heterocycles. The second-order valence-corrected chi connectivity index (χ2v) is 5.42. The van der Waals surface area contributed by atoms with E-state index in [-0.39, 0.29) is 0 Å². The lowest BCUT2D eigenvalue weighted by Gasteiger charge is -2.30. The van der Waals surface area contributed by atoms with E-state index >= 15 is 0 Å². The summed E-state index contributed by atoms with van der Waals surface area (Å²) in [6.07, 6.45) is 0.815. The average Bonchev–Trinajstić information content (AvgIpc) is 2.49. The van der Waals surface area contributed by atoms with Crippen LogP contribution in [0.4, 0.5) is 0 Å². The maximum atomic E-state index is 5.38. The topological polar surface area (TPSA) is 37.2 Å². The van der Waals surface area contributed by atoms with E-state index < -0.39 is 0 Å². The minimum absolute atomic E-state index is 0.776. The molecule has 0 amide bonds. The highest BCUT2D eigenvalue weighted by Crippen LogP contribution is 2.17. The third-order valence-corrected chi connectivity index (χ3v) is 4.02. The molecule has 0 radical (unpaired) electrons. The van der Waals surface area contributed by atoms with Crippen LogP contribution in [0.25, 0.3) is 0 Å². The molecule has 3 rings (SSSR count). The minimum Gasteiger partial charge on any atom is -0.378 e. The van der Waals surface area contributed by atoms with Crippen LogP contribution in [-0.4, -0.2) is 48.1 Å². The van der Waals surface area contributed by atoms with E-state index in [1.165, 1.54) is 5.56 Å². The summed E-state index contributed by atoms with van der Waals surface area (Å²) in [5.74, 6) is 1.71. The fraction of sp³-hybridized carbons (Fsp3) is 0.429. The highest BCUT2D eigenvalue weighted by atomic mass is 32.2. The Morgan fingerprint density at radius 3 is 2.74 bits per heavy atom. The Morgan fingerprint density at radius 2 is 1.95 bits per heavy atom. The fourth-order valence-corrected chi connectivity index (χ4v) is 3.00. The van der Waals surface area contributed by atoms with Gasteiger partial charge in [-0.25, -0.2) is 4.99 Å². The standard InChI is InChI=1S/C14H17N3OS/c1-2-4-12(5-3-1)10-13-15-11-19-14(16-13)17-6-8-18-9-7-17/h1-5H,6-11H2. The molecule has 5 heteroatoms. The second-order valence-electron chi connectivity index (χ2n) is 4.50. The zero-order valence-electron chi connectivity index (χ0n) is 10.8. The van der Waals surface area contributed by atoms with E-state index in [0.717, 1.165) is 49.6 Å². The van der Waals surface area contributed by atoms with E-state index in [2.05, 4.69) is 34.2 Å². The van der Waals surface area contributed by atoms with Gasteiger partial charge in [0.2, 0.25) is 0 Å². The summed E-state index contributed by atoms with van der Waals surface area (Å²) in [6, 6.07) is 10.4. The van der Waals surface area contributed by atoms with Crippen molar-refractivity contribution in [3.63, 3.8) is 0 Å². The summed E-state index contributed by atoms with van der Waals surface area (Å²) in [6.45, 7) is 3.46. The van der Waals surface area contributed by atoms with Gasteiger partial charge in [-0.3, -0.25) is 4.99 Å². The molecule has 0 unspecified atom stereocenters. The van der Waals surface area contributed by atoms with Gasteiger partial charge in [-0.05, 0) is 5.56 Å². The number of hydrogen-bond donors (Lipinski definition) is 0. The predicted octanol–water partition coefficient (Wildman–Crippen LogP) is 2.02. The molecule has 4 nitrogen and oxygen atoms in total. The molecule has 2 aliphatic rings. The van der Waals surface area contributed by atoms with Gasteiger partial charge < -0.3 is 9.64 Å². The third-order valence-electron chi connectivity index (χ3n) is 3.15. The largest absolute Gasteiger partial charge is 0.378 e. The van der Waals surface area contributed by atoms with Gasteiger partial charge in [0, 0.05) is 19.5 Å². The van der Waals surface area contributed by atoms with Crippen LogP contribution in [0.1, 0.15) is 5.56 Å². The Balaban J connectivity index is 1.69. The van der Waals surface area contributed by atoms with E-state index in [0.29, 0.717) is 0 Å². The lowest BCUT2D eigenvalue weighted by molar-refractivity contribution is 0.0694. The second kappa shape index (κ2) is 6.21. The third kappa shape index (κ3) is 3.36. The molecule has 19 heavy (non-hydrogen) atoms. The maximum Gasteiger partial charge on any atom is 0.167 e. The molecule has 2 aliphatic heterocycles. The van der Waals surface area contributed by atoms with Gasteiger partial charge >= 0.3 is 0 Å². The predicted molar refractivity (Wildman–Crippen MR) is 79.9 cm³/mol. The first-order valence-corrected chi connectivity index (χ1v) is 7.52. The average molecular weight is 275 g/mol. The van der Waals surface area contributed by atoms with Gasteiger partial charge in [0.15, 0.2) is 5.17 Å². The first-order chi connectivity index (χ1) is 9.42. The number of thioether (sulfide) groups is 1. The van der Waals surface area contributed by atoms with E-state index in [4.69, 9.17) is 9.73 Å². The van der Waals surface area contributed by atoms with Crippen molar-refractivity contribution in [2.24, 2.45) is 9.98 Å². The summed E-state index contributed by atoms with van der Waals surface area (Å²) in [7, 11) is 0. The van der Waals surface area contributed by atoms with Gasteiger partial charge in [0.1, 0.15) is 5.84 Å². The number of hydrogen-bond acceptors (Lipinski definition) is 5. The van der Waals surface area contributed by atoms with Crippen molar-refractivity contribution < 1.29 is 4.74 Å². The first-order valence-electron chi connectivity index (χ1n) is 6.53. The maximum absolute atomic E-state index is 5.38. The molecule has 0 bridgehead atoms. The molecule has 0 spiro atoms. The van der Waals surface area contributed by atoms with Gasteiger partial charge in [0.25, 0.3) is 0 Å². The van der Waals surface area contributed by atoms with Crippen molar-refractivity contribution in [3.05, 3.63) is 35.9 Å². The number of benzene rings is 1. The Bertz CT molecular complexity index is 481. The number of nitrogens with zero attached hydrogens (tertiary/aromatic N) is 3. The number of rotatable bonds is 2. The van der Waals surface area contributed by atoms with Crippen molar-refractivity contribution in [2.45, 2.75) is 6.42 Å². The van der Waals surface area contributed by atoms with Crippen molar-refractivity contribution in [1.29, 1.82) is 0 Å². The fourth-order valence-electron chi connectivity index (χ4n) is 2.13. The minimum atomic E-state index is 0.776. The monoisotopic (exact) mass is 275 g/mol. The highest BCUT2D eigenvalue weighted by Gasteiger charge is 2.18. The highest BCUT2D eigenvalue weighted by molar-refractivity contribution is 8.13. The van der Waals surface area contributed by atoms with Crippen molar-refractivity contribution >= 4 is 22.8 Å². The molecule has 100 valence electrons. The van der Waals surface area contributed by atoms with Crippen LogP contribution in [0.5, 0.6) is 0 Å². The summed E-state index contributed by atoms with van der Waals surface area (Å²) in [5.41, 5.74) is 1.26. The zero-order valence-corrected chi connectivity index (χ0v) is 11.6. The van der Waals surface area contributed by atoms with Crippen LogP contribution >= 0.6 is 11.8 Å². The SMILES string of the molecule is c1ccc(CC2=NCSC(N3CCOCC3)=N2)cc1. The van der Waals surface area contributed by atoms with Crippen LogP contribution in [0.3, 0.4) is 0 Å². The molecule has 0 N–H and O–H groups in total. The van der Waals surface area contributed by atoms with Crippen LogP contribution in [-0.2, 0) is 11.2 Å². The van der Waals surface area contributed by atoms with Gasteiger partial charge in [-0.2, -0.15) is 0 Å². The van der Waals surface area contributed by atoms with Crippen molar-refractivity contribution in [2.75, 3.05) is 32.2 Å². The zero-order chi connectivity index (χ0) is 12.9. The lowest BCUT2D eigenvalue weighted by atomic mass is 10.1. The molecule has 0 atom stereocenters. The molecule has 0 aliphatic carbocycles. The van der Waals surface area contributed by atoms with E-state index in [1.807, 2.05) is 6.07 Å². The molecule has 0 saturated carbocycles. The molecule has 1 aromatic rings. The Hall–Kier alpha value is -1.33. The number of morpholine rings is 1. The lowest BCUT2D eigenvalue weighted by Crippen LogP contribution is -2.40. The van der Waals surface area contributed by atoms with Crippen LogP contribution in [0, 0.1) is 0 Å². The Morgan fingerprint density at radius 1 is 1.16 bits per heavy atom. The summed E-state index contributed by atoms with van der Waals surface area (Å²) in [4.78, 5) is 11.5. The number of ether oxygens (including phenoxy) is 1. The van der Waals surface area contributed by atoms with E-state index in [1.54, 1.807) is 11.8 Å². The van der Waals surface area contributed by atoms with Crippen molar-refractivity contribution in [1.82, 2.24) is 4.90 Å². The van der Waals surface area contributed by atoms with Crippen molar-refractivity contribution in [3.8, 4) is 0 Å². The quantitative estimate of drug-likeness (QED) is 0.828. The van der Waals surface area contributed by atoms with Gasteiger partial charge in [-0.15, -0.1) is 0 Å². The van der Waals surface area contributed by atoms with E-state index in [9.17, 15) is 0 Å². The summed E-state index contributed by atoms with van der Waals surface area (Å²) in [5, 5.41) is 1.10. The Kier molecular flexibility index (Phi) is 4.15. The molecule has 0 aromatic heterocycles. The summed E-state index contributed by atoms with van der Waals surface area (Å²) >= 11 is 1.72.